The van der Waals surface area contributed by atoms with E-state index in [2.05, 4.69) is 5.32 Å². The first-order valence-electron chi connectivity index (χ1n) is 6.15. The van der Waals surface area contributed by atoms with Crippen molar-refractivity contribution in [3.63, 3.8) is 0 Å². The predicted molar refractivity (Wildman–Crippen MR) is 62.3 cm³/mol. The molecular formula is C11H18F3N3O2. The minimum atomic E-state index is -4.35. The van der Waals surface area contributed by atoms with E-state index in [0.717, 1.165) is 12.8 Å². The number of nitrogens with one attached hydrogen (secondary N) is 2. The monoisotopic (exact) mass is 281 g/mol. The van der Waals surface area contributed by atoms with Gasteiger partial charge in [-0.15, -0.1) is 0 Å². The highest BCUT2D eigenvalue weighted by molar-refractivity contribution is 5.88. The molecule has 5 nitrogen and oxygen atoms in total. The molecule has 110 valence electrons. The highest BCUT2D eigenvalue weighted by Crippen LogP contribution is 2.12. The second kappa shape index (κ2) is 6.74. The Balaban J connectivity index is 2.25. The molecule has 0 aliphatic carbocycles. The number of likely N-dealkylation sites (tertiary alicyclic amines) is 1. The van der Waals surface area contributed by atoms with Gasteiger partial charge >= 0.3 is 6.18 Å². The van der Waals surface area contributed by atoms with Crippen molar-refractivity contribution in [2.45, 2.75) is 32.0 Å². The maximum absolute atomic E-state index is 11.8. The van der Waals surface area contributed by atoms with Crippen molar-refractivity contribution in [1.29, 1.82) is 0 Å². The van der Waals surface area contributed by atoms with E-state index >= 15 is 0 Å². The molecule has 0 bridgehead atoms. The molecule has 1 aliphatic heterocycles. The molecule has 1 heterocycles. The summed E-state index contributed by atoms with van der Waals surface area (Å²) in [5.41, 5.74) is 0. The molecule has 1 saturated heterocycles. The third-order valence-corrected chi connectivity index (χ3v) is 2.78. The van der Waals surface area contributed by atoms with E-state index in [1.165, 1.54) is 6.92 Å². The average Bonchev–Trinajstić information content (AvgIpc) is 2.79. The van der Waals surface area contributed by atoms with Crippen LogP contribution in [0.5, 0.6) is 0 Å². The molecule has 0 aromatic carbocycles. The average molecular weight is 281 g/mol. The summed E-state index contributed by atoms with van der Waals surface area (Å²) >= 11 is 0. The molecule has 1 unspecified atom stereocenters. The lowest BCUT2D eigenvalue weighted by molar-refractivity contribution is -0.136. The third kappa shape index (κ3) is 5.91. The highest BCUT2D eigenvalue weighted by Gasteiger charge is 2.27. The van der Waals surface area contributed by atoms with Crippen LogP contribution in [-0.2, 0) is 9.59 Å². The van der Waals surface area contributed by atoms with Gasteiger partial charge in [0.25, 0.3) is 0 Å². The van der Waals surface area contributed by atoms with Crippen molar-refractivity contribution >= 4 is 11.8 Å². The lowest BCUT2D eigenvalue weighted by Crippen LogP contribution is -2.48. The van der Waals surface area contributed by atoms with Crippen LogP contribution in [0.4, 0.5) is 13.2 Å². The summed E-state index contributed by atoms with van der Waals surface area (Å²) in [5.74, 6) is -0.814. The van der Waals surface area contributed by atoms with Gasteiger partial charge in [-0.3, -0.25) is 9.59 Å². The fraction of sp³-hybridized carbons (Fsp3) is 0.818. The Morgan fingerprint density at radius 3 is 2.37 bits per heavy atom. The van der Waals surface area contributed by atoms with Gasteiger partial charge in [0.15, 0.2) is 0 Å². The van der Waals surface area contributed by atoms with Crippen LogP contribution in [0, 0.1) is 0 Å². The molecule has 1 atom stereocenters. The standard InChI is InChI=1S/C11H18F3N3O2/c1-8(10(19)17-4-2-3-5-17)16-9(18)6-15-7-11(12,13)14/h8,15H,2-7H2,1H3,(H,16,18). The molecule has 1 rings (SSSR count). The Hall–Kier alpha value is -1.31. The van der Waals surface area contributed by atoms with Crippen molar-refractivity contribution in [3.05, 3.63) is 0 Å². The molecule has 0 radical (unpaired) electrons. The van der Waals surface area contributed by atoms with Crippen molar-refractivity contribution in [3.8, 4) is 0 Å². The minimum absolute atomic E-state index is 0.193. The van der Waals surface area contributed by atoms with Crippen LogP contribution in [0.1, 0.15) is 19.8 Å². The van der Waals surface area contributed by atoms with Gasteiger partial charge in [0.1, 0.15) is 6.04 Å². The number of hydrogen-bond acceptors (Lipinski definition) is 3. The second-order valence-corrected chi connectivity index (χ2v) is 4.54. The number of hydrogen-bond donors (Lipinski definition) is 2. The molecule has 2 N–H and O–H groups in total. The van der Waals surface area contributed by atoms with Gasteiger partial charge in [0.2, 0.25) is 11.8 Å². The molecule has 19 heavy (non-hydrogen) atoms. The second-order valence-electron chi connectivity index (χ2n) is 4.54. The molecular weight excluding hydrogens is 263 g/mol. The summed E-state index contributed by atoms with van der Waals surface area (Å²) in [5, 5.41) is 4.36. The Morgan fingerprint density at radius 2 is 1.84 bits per heavy atom. The topological polar surface area (TPSA) is 61.4 Å². The Morgan fingerprint density at radius 1 is 1.26 bits per heavy atom. The van der Waals surface area contributed by atoms with Gasteiger partial charge in [-0.05, 0) is 19.8 Å². The van der Waals surface area contributed by atoms with Crippen molar-refractivity contribution < 1.29 is 22.8 Å². The number of amides is 2. The fourth-order valence-electron chi connectivity index (χ4n) is 1.88. The Bertz CT molecular complexity index is 328. The zero-order chi connectivity index (χ0) is 14.5. The first kappa shape index (κ1) is 15.7. The smallest absolute Gasteiger partial charge is 0.343 e. The summed E-state index contributed by atoms with van der Waals surface area (Å²) in [6.07, 6.45) is -2.46. The fourth-order valence-corrected chi connectivity index (χ4v) is 1.88. The zero-order valence-corrected chi connectivity index (χ0v) is 10.7. The molecule has 2 amide bonds. The first-order chi connectivity index (χ1) is 8.79. The molecule has 1 fully saturated rings. The summed E-state index contributed by atoms with van der Waals surface area (Å²) in [6.45, 7) is 1.19. The summed E-state index contributed by atoms with van der Waals surface area (Å²) in [4.78, 5) is 24.8. The SMILES string of the molecule is CC(NC(=O)CNCC(F)(F)F)C(=O)N1CCCC1. The van der Waals surface area contributed by atoms with Gasteiger partial charge in [-0.1, -0.05) is 0 Å². The van der Waals surface area contributed by atoms with Crippen LogP contribution in [-0.4, -0.2) is 55.1 Å². The van der Waals surface area contributed by atoms with Crippen LogP contribution < -0.4 is 10.6 Å². The van der Waals surface area contributed by atoms with E-state index in [1.54, 1.807) is 4.90 Å². The van der Waals surface area contributed by atoms with Crippen molar-refractivity contribution in [1.82, 2.24) is 15.5 Å². The predicted octanol–water partition coefficient (Wildman–Crippen LogP) is 0.265. The molecule has 0 saturated carbocycles. The number of nitrogens with zero attached hydrogens (tertiary/aromatic N) is 1. The summed E-state index contributed by atoms with van der Waals surface area (Å²) < 4.78 is 35.5. The highest BCUT2D eigenvalue weighted by atomic mass is 19.4. The maximum Gasteiger partial charge on any atom is 0.401 e. The molecule has 0 spiro atoms. The number of carbonyl (C=O) groups excluding carboxylic acids is 2. The Kier molecular flexibility index (Phi) is 5.59. The molecule has 0 aromatic rings. The number of alkyl halides is 3. The van der Waals surface area contributed by atoms with Crippen molar-refractivity contribution in [2.24, 2.45) is 0 Å². The number of carbonyl (C=O) groups is 2. The summed E-state index contributed by atoms with van der Waals surface area (Å²) in [7, 11) is 0. The van der Waals surface area contributed by atoms with E-state index in [9.17, 15) is 22.8 Å². The lowest BCUT2D eigenvalue weighted by atomic mass is 10.3. The van der Waals surface area contributed by atoms with Gasteiger partial charge in [0, 0.05) is 13.1 Å². The van der Waals surface area contributed by atoms with Crippen molar-refractivity contribution in [2.75, 3.05) is 26.2 Å². The van der Waals surface area contributed by atoms with E-state index in [0.29, 0.717) is 13.1 Å². The number of halogens is 3. The van der Waals surface area contributed by atoms with Gasteiger partial charge in [0.05, 0.1) is 13.1 Å². The molecule has 0 aromatic heterocycles. The lowest BCUT2D eigenvalue weighted by Gasteiger charge is -2.21. The third-order valence-electron chi connectivity index (χ3n) is 2.78. The van der Waals surface area contributed by atoms with Gasteiger partial charge < -0.3 is 15.5 Å². The zero-order valence-electron chi connectivity index (χ0n) is 10.7. The Labute approximate surface area is 109 Å². The van der Waals surface area contributed by atoms with Crippen LogP contribution in [0.15, 0.2) is 0 Å². The van der Waals surface area contributed by atoms with Crippen LogP contribution in [0.2, 0.25) is 0 Å². The minimum Gasteiger partial charge on any atom is -0.343 e. The summed E-state index contributed by atoms with van der Waals surface area (Å²) in [6, 6.07) is -0.710. The molecule has 1 aliphatic rings. The maximum atomic E-state index is 11.8. The van der Waals surface area contributed by atoms with E-state index < -0.39 is 31.2 Å². The largest absolute Gasteiger partial charge is 0.401 e. The number of rotatable bonds is 5. The quantitative estimate of drug-likeness (QED) is 0.760. The van der Waals surface area contributed by atoms with E-state index in [4.69, 9.17) is 0 Å². The van der Waals surface area contributed by atoms with Gasteiger partial charge in [-0.25, -0.2) is 0 Å². The van der Waals surface area contributed by atoms with Crippen LogP contribution in [0.3, 0.4) is 0 Å². The van der Waals surface area contributed by atoms with Crippen LogP contribution in [0.25, 0.3) is 0 Å². The first-order valence-corrected chi connectivity index (χ1v) is 6.15. The van der Waals surface area contributed by atoms with E-state index in [-0.39, 0.29) is 5.91 Å². The van der Waals surface area contributed by atoms with Crippen LogP contribution >= 0.6 is 0 Å². The molecule has 8 heteroatoms. The van der Waals surface area contributed by atoms with E-state index in [1.807, 2.05) is 5.32 Å². The normalized spacial score (nSPS) is 17.4. The van der Waals surface area contributed by atoms with Gasteiger partial charge in [-0.2, -0.15) is 13.2 Å².